The van der Waals surface area contributed by atoms with Crippen LogP contribution >= 0.6 is 11.3 Å². The minimum atomic E-state index is 0.389. The smallest absolute Gasteiger partial charge is 0.191 e. The van der Waals surface area contributed by atoms with E-state index in [4.69, 9.17) is 4.99 Å². The van der Waals surface area contributed by atoms with Gasteiger partial charge in [-0.05, 0) is 56.4 Å². The molecule has 0 aromatic carbocycles. The Morgan fingerprint density at radius 2 is 2.07 bits per heavy atom. The number of hydrogen-bond acceptors (Lipinski definition) is 5. The summed E-state index contributed by atoms with van der Waals surface area (Å²) in [5.74, 6) is 1.65. The van der Waals surface area contributed by atoms with Gasteiger partial charge in [0.2, 0.25) is 0 Å². The number of pyridine rings is 1. The van der Waals surface area contributed by atoms with E-state index in [0.717, 1.165) is 30.5 Å². The minimum Gasteiger partial charge on any atom is -0.357 e. The third-order valence-corrected chi connectivity index (χ3v) is 6.00. The van der Waals surface area contributed by atoms with E-state index in [1.54, 1.807) is 0 Å². The molecule has 8 heteroatoms. The summed E-state index contributed by atoms with van der Waals surface area (Å²) in [6.07, 6.45) is 4.55. The molecular weight excluding hydrogens is 370 g/mol. The predicted octanol–water partition coefficient (Wildman–Crippen LogP) is 2.68. The van der Waals surface area contributed by atoms with Gasteiger partial charge in [-0.25, -0.2) is 4.99 Å². The summed E-state index contributed by atoms with van der Waals surface area (Å²) in [4.78, 5) is 8.73. The summed E-state index contributed by atoms with van der Waals surface area (Å²) in [5, 5.41) is 17.5. The highest BCUT2D eigenvalue weighted by atomic mass is 32.1. The van der Waals surface area contributed by atoms with Crippen LogP contribution in [0.15, 0.2) is 46.9 Å². The van der Waals surface area contributed by atoms with Crippen molar-refractivity contribution < 1.29 is 0 Å². The Hall–Kier alpha value is -2.45. The van der Waals surface area contributed by atoms with E-state index < -0.39 is 0 Å². The van der Waals surface area contributed by atoms with E-state index in [-0.39, 0.29) is 0 Å². The van der Waals surface area contributed by atoms with Gasteiger partial charge in [-0.15, -0.1) is 21.5 Å². The summed E-state index contributed by atoms with van der Waals surface area (Å²) >= 11 is 1.83. The third kappa shape index (κ3) is 4.34. The fourth-order valence-corrected chi connectivity index (χ4v) is 4.49. The molecule has 7 nitrogen and oxygen atoms in total. The van der Waals surface area contributed by atoms with Crippen LogP contribution in [0.25, 0.3) is 5.65 Å². The van der Waals surface area contributed by atoms with Gasteiger partial charge in [-0.2, -0.15) is 0 Å². The van der Waals surface area contributed by atoms with Crippen LogP contribution in [0.5, 0.6) is 0 Å². The normalized spacial score (nSPS) is 16.5. The fourth-order valence-electron chi connectivity index (χ4n) is 3.63. The molecule has 148 valence electrons. The average molecular weight is 398 g/mol. The maximum atomic E-state index is 4.74. The van der Waals surface area contributed by atoms with Crippen LogP contribution in [0.3, 0.4) is 0 Å². The number of likely N-dealkylation sites (tertiary alicyclic amines) is 1. The largest absolute Gasteiger partial charge is 0.357 e. The van der Waals surface area contributed by atoms with Gasteiger partial charge in [0.25, 0.3) is 0 Å². The van der Waals surface area contributed by atoms with Crippen LogP contribution in [-0.4, -0.2) is 51.6 Å². The van der Waals surface area contributed by atoms with Gasteiger partial charge in [-0.3, -0.25) is 9.30 Å². The molecule has 4 rings (SSSR count). The Kier molecular flexibility index (Phi) is 6.18. The molecule has 0 saturated carbocycles. The molecule has 1 aliphatic heterocycles. The van der Waals surface area contributed by atoms with E-state index in [1.807, 2.05) is 40.1 Å². The van der Waals surface area contributed by atoms with Gasteiger partial charge in [0.15, 0.2) is 17.4 Å². The molecule has 1 saturated heterocycles. The maximum absolute atomic E-state index is 4.74. The SMILES string of the molecule is CCNC(=NCc1nnc2ccccn12)NCC(c1cccs1)N1CCCC1. The zero-order valence-corrected chi connectivity index (χ0v) is 17.0. The molecule has 28 heavy (non-hydrogen) atoms. The number of nitrogens with one attached hydrogen (secondary N) is 2. The Balaban J connectivity index is 1.45. The van der Waals surface area contributed by atoms with Gasteiger partial charge in [0.1, 0.15) is 6.54 Å². The zero-order valence-electron chi connectivity index (χ0n) is 16.2. The molecule has 3 aromatic rings. The van der Waals surface area contributed by atoms with E-state index in [9.17, 15) is 0 Å². The minimum absolute atomic E-state index is 0.389. The van der Waals surface area contributed by atoms with Crippen molar-refractivity contribution in [3.05, 3.63) is 52.6 Å². The van der Waals surface area contributed by atoms with Crippen molar-refractivity contribution in [3.8, 4) is 0 Å². The van der Waals surface area contributed by atoms with Crippen LogP contribution in [0.4, 0.5) is 0 Å². The van der Waals surface area contributed by atoms with Gasteiger partial charge < -0.3 is 10.6 Å². The zero-order chi connectivity index (χ0) is 19.2. The molecule has 1 unspecified atom stereocenters. The van der Waals surface area contributed by atoms with Gasteiger partial charge in [0, 0.05) is 24.2 Å². The van der Waals surface area contributed by atoms with E-state index in [2.05, 4.69) is 50.2 Å². The number of rotatable bonds is 7. The lowest BCUT2D eigenvalue weighted by Gasteiger charge is -2.27. The quantitative estimate of drug-likeness (QED) is 0.474. The fraction of sp³-hybridized carbons (Fsp3) is 0.450. The number of aromatic nitrogens is 3. The molecule has 1 fully saturated rings. The number of fused-ring (bicyclic) bond motifs is 1. The van der Waals surface area contributed by atoms with Crippen molar-refractivity contribution in [1.29, 1.82) is 0 Å². The van der Waals surface area contributed by atoms with Crippen molar-refractivity contribution in [2.45, 2.75) is 32.4 Å². The molecule has 1 atom stereocenters. The number of aliphatic imine (C=N–C) groups is 1. The summed E-state index contributed by atoms with van der Waals surface area (Å²) in [6, 6.07) is 10.7. The first-order valence-corrected chi connectivity index (χ1v) is 10.8. The standard InChI is InChI=1S/C20H27N7S/c1-2-21-20(23-15-19-25-24-18-9-3-4-12-27(18)19)22-14-16(17-8-7-13-28-17)26-10-5-6-11-26/h3-4,7-9,12-13,16H,2,5-6,10-11,14-15H2,1H3,(H2,21,22,23). The van der Waals surface area contributed by atoms with Crippen LogP contribution in [0.1, 0.15) is 36.5 Å². The van der Waals surface area contributed by atoms with E-state index in [1.165, 1.54) is 30.8 Å². The topological polar surface area (TPSA) is 69.8 Å². The Morgan fingerprint density at radius 3 is 2.86 bits per heavy atom. The van der Waals surface area contributed by atoms with Crippen LogP contribution in [0.2, 0.25) is 0 Å². The van der Waals surface area contributed by atoms with Crippen molar-refractivity contribution >= 4 is 22.9 Å². The van der Waals surface area contributed by atoms with Crippen LogP contribution in [-0.2, 0) is 6.54 Å². The molecular formula is C20H27N7S. The monoisotopic (exact) mass is 397 g/mol. The lowest BCUT2D eigenvalue weighted by molar-refractivity contribution is 0.249. The molecule has 4 heterocycles. The predicted molar refractivity (Wildman–Crippen MR) is 114 cm³/mol. The van der Waals surface area contributed by atoms with Crippen molar-refractivity contribution in [2.24, 2.45) is 4.99 Å². The van der Waals surface area contributed by atoms with Crippen molar-refractivity contribution in [3.63, 3.8) is 0 Å². The van der Waals surface area contributed by atoms with Gasteiger partial charge in [0.05, 0.1) is 6.04 Å². The van der Waals surface area contributed by atoms with E-state index in [0.29, 0.717) is 12.6 Å². The van der Waals surface area contributed by atoms with Crippen molar-refractivity contribution in [1.82, 2.24) is 30.1 Å². The highest BCUT2D eigenvalue weighted by Crippen LogP contribution is 2.27. The summed E-state index contributed by atoms with van der Waals surface area (Å²) in [7, 11) is 0. The first kappa shape index (κ1) is 18.9. The molecule has 0 radical (unpaired) electrons. The Morgan fingerprint density at radius 1 is 1.18 bits per heavy atom. The third-order valence-electron chi connectivity index (χ3n) is 5.02. The number of thiophene rings is 1. The van der Waals surface area contributed by atoms with Gasteiger partial charge >= 0.3 is 0 Å². The lowest BCUT2D eigenvalue weighted by atomic mass is 10.2. The molecule has 0 bridgehead atoms. The molecule has 0 spiro atoms. The molecule has 3 aromatic heterocycles. The number of nitrogens with zero attached hydrogens (tertiary/aromatic N) is 5. The average Bonchev–Trinajstić information content (AvgIpc) is 3.48. The first-order chi connectivity index (χ1) is 13.8. The number of guanidine groups is 1. The maximum Gasteiger partial charge on any atom is 0.191 e. The second-order valence-electron chi connectivity index (χ2n) is 6.90. The summed E-state index contributed by atoms with van der Waals surface area (Å²) in [5.41, 5.74) is 0.845. The number of hydrogen-bond donors (Lipinski definition) is 2. The molecule has 1 aliphatic rings. The lowest BCUT2D eigenvalue weighted by Crippen LogP contribution is -2.42. The summed E-state index contributed by atoms with van der Waals surface area (Å²) in [6.45, 7) is 6.56. The second-order valence-corrected chi connectivity index (χ2v) is 7.87. The van der Waals surface area contributed by atoms with Crippen molar-refractivity contribution in [2.75, 3.05) is 26.2 Å². The molecule has 0 aliphatic carbocycles. The second kappa shape index (κ2) is 9.16. The molecule has 2 N–H and O–H groups in total. The highest BCUT2D eigenvalue weighted by Gasteiger charge is 2.24. The highest BCUT2D eigenvalue weighted by molar-refractivity contribution is 7.10. The first-order valence-electron chi connectivity index (χ1n) is 9.93. The van der Waals surface area contributed by atoms with Crippen LogP contribution in [0, 0.1) is 0 Å². The summed E-state index contributed by atoms with van der Waals surface area (Å²) < 4.78 is 1.98. The molecule has 0 amide bonds. The van der Waals surface area contributed by atoms with E-state index >= 15 is 0 Å². The van der Waals surface area contributed by atoms with Gasteiger partial charge in [-0.1, -0.05) is 12.1 Å². The Bertz CT molecular complexity index is 896. The van der Waals surface area contributed by atoms with Crippen LogP contribution < -0.4 is 10.6 Å². The Labute approximate surface area is 169 Å².